The number of aromatic nitrogens is 3. The van der Waals surface area contributed by atoms with Crippen LogP contribution in [0.3, 0.4) is 0 Å². The van der Waals surface area contributed by atoms with E-state index in [2.05, 4.69) is 30.7 Å². The third-order valence-electron chi connectivity index (χ3n) is 2.92. The van der Waals surface area contributed by atoms with Gasteiger partial charge in [0.15, 0.2) is 0 Å². The van der Waals surface area contributed by atoms with E-state index in [0.29, 0.717) is 5.69 Å². The van der Waals surface area contributed by atoms with E-state index in [4.69, 9.17) is 4.74 Å². The van der Waals surface area contributed by atoms with Crippen molar-refractivity contribution in [1.29, 1.82) is 0 Å². The first kappa shape index (κ1) is 17.7. The van der Waals surface area contributed by atoms with Crippen molar-refractivity contribution < 1.29 is 19.1 Å². The van der Waals surface area contributed by atoms with E-state index in [1.54, 1.807) is 31.2 Å². The summed E-state index contributed by atoms with van der Waals surface area (Å²) in [5, 5.41) is 4.04. The van der Waals surface area contributed by atoms with E-state index in [1.807, 2.05) is 0 Å². The molecular formula is C14H15BrN4O5. The number of rotatable bonds is 5. The van der Waals surface area contributed by atoms with Crippen LogP contribution in [0.5, 0.6) is 0 Å². The molecule has 2 rings (SSSR count). The summed E-state index contributed by atoms with van der Waals surface area (Å²) in [6, 6.07) is 6.83. The van der Waals surface area contributed by atoms with Crippen molar-refractivity contribution in [3.05, 3.63) is 39.2 Å². The lowest BCUT2D eigenvalue weighted by atomic mass is 10.3. The first-order valence-electron chi connectivity index (χ1n) is 6.92. The summed E-state index contributed by atoms with van der Waals surface area (Å²) < 4.78 is 11.3. The number of benzene rings is 1. The lowest BCUT2D eigenvalue weighted by Gasteiger charge is -2.16. The molecule has 0 bridgehead atoms. The number of hydrogen-bond acceptors (Lipinski definition) is 6. The van der Waals surface area contributed by atoms with Crippen molar-refractivity contribution in [2.45, 2.75) is 6.92 Å². The van der Waals surface area contributed by atoms with E-state index >= 15 is 0 Å². The summed E-state index contributed by atoms with van der Waals surface area (Å²) in [6.07, 6.45) is -0.847. The van der Waals surface area contributed by atoms with E-state index in [1.165, 1.54) is 0 Å². The van der Waals surface area contributed by atoms with Crippen LogP contribution in [-0.2, 0) is 14.3 Å². The molecule has 0 saturated carbocycles. The van der Waals surface area contributed by atoms with Crippen LogP contribution in [0.15, 0.2) is 33.5 Å². The topological polar surface area (TPSA) is 107 Å². The molecule has 24 heavy (non-hydrogen) atoms. The number of esters is 1. The zero-order valence-electron chi connectivity index (χ0n) is 13.0. The lowest BCUT2D eigenvalue weighted by Crippen LogP contribution is -2.37. The molecule has 2 aromatic rings. The van der Waals surface area contributed by atoms with Crippen LogP contribution >= 0.6 is 15.9 Å². The van der Waals surface area contributed by atoms with Gasteiger partial charge in [-0.3, -0.25) is 9.78 Å². The molecule has 10 heteroatoms. The summed E-state index contributed by atoms with van der Waals surface area (Å²) in [7, 11) is 1.16. The molecule has 0 atom stereocenters. The van der Waals surface area contributed by atoms with Gasteiger partial charge in [-0.2, -0.15) is 4.68 Å². The summed E-state index contributed by atoms with van der Waals surface area (Å²) in [5.74, 6) is -0.773. The number of carbonyl (C=O) groups excluding carboxylic acids is 2. The third kappa shape index (κ3) is 4.02. The maximum atomic E-state index is 12.1. The van der Waals surface area contributed by atoms with Crippen molar-refractivity contribution in [3.8, 4) is 5.69 Å². The highest BCUT2D eigenvalue weighted by Gasteiger charge is 2.24. The number of carbonyl (C=O) groups is 2. The van der Waals surface area contributed by atoms with Crippen LogP contribution in [0.4, 0.5) is 10.7 Å². The van der Waals surface area contributed by atoms with Gasteiger partial charge in [-0.15, -0.1) is 5.10 Å². The Morgan fingerprint density at radius 2 is 2.00 bits per heavy atom. The maximum absolute atomic E-state index is 12.1. The van der Waals surface area contributed by atoms with E-state index in [0.717, 1.165) is 21.2 Å². The minimum Gasteiger partial charge on any atom is -0.465 e. The van der Waals surface area contributed by atoms with Crippen molar-refractivity contribution in [2.75, 3.05) is 25.2 Å². The first-order valence-corrected chi connectivity index (χ1v) is 7.72. The second-order valence-corrected chi connectivity index (χ2v) is 5.42. The first-order chi connectivity index (χ1) is 11.5. The summed E-state index contributed by atoms with van der Waals surface area (Å²) in [4.78, 5) is 38.9. The number of anilines is 1. The van der Waals surface area contributed by atoms with Crippen LogP contribution < -0.4 is 10.6 Å². The number of hydrogen-bond donors (Lipinski definition) is 1. The van der Waals surface area contributed by atoms with Crippen LogP contribution in [0.25, 0.3) is 5.69 Å². The van der Waals surface area contributed by atoms with Gasteiger partial charge in [0, 0.05) is 4.47 Å². The molecule has 1 aromatic heterocycles. The lowest BCUT2D eigenvalue weighted by molar-refractivity contribution is -0.141. The highest BCUT2D eigenvalue weighted by atomic mass is 79.9. The van der Waals surface area contributed by atoms with Gasteiger partial charge >= 0.3 is 17.8 Å². The fourth-order valence-corrected chi connectivity index (χ4v) is 2.13. The molecule has 128 valence electrons. The predicted molar refractivity (Wildman–Crippen MR) is 88.3 cm³/mol. The van der Waals surface area contributed by atoms with Crippen molar-refractivity contribution in [3.63, 3.8) is 0 Å². The number of halogens is 1. The fraction of sp³-hybridized carbons (Fsp3) is 0.286. The molecule has 1 amide bonds. The molecule has 1 heterocycles. The molecule has 0 fully saturated rings. The predicted octanol–water partition coefficient (Wildman–Crippen LogP) is 1.46. The molecule has 0 radical (unpaired) electrons. The smallest absolute Gasteiger partial charge is 0.416 e. The van der Waals surface area contributed by atoms with Gasteiger partial charge in [-0.1, -0.05) is 15.9 Å². The Morgan fingerprint density at radius 3 is 2.58 bits per heavy atom. The van der Waals surface area contributed by atoms with E-state index in [9.17, 15) is 14.4 Å². The number of amides is 1. The Labute approximate surface area is 145 Å². The molecule has 0 spiro atoms. The van der Waals surface area contributed by atoms with Crippen LogP contribution in [0.2, 0.25) is 0 Å². The van der Waals surface area contributed by atoms with Crippen LogP contribution in [-0.4, -0.2) is 47.1 Å². The summed E-state index contributed by atoms with van der Waals surface area (Å²) in [6.45, 7) is 1.37. The quantitative estimate of drug-likeness (QED) is 0.763. The van der Waals surface area contributed by atoms with Gasteiger partial charge in [-0.05, 0) is 31.2 Å². The highest BCUT2D eigenvalue weighted by Crippen LogP contribution is 2.14. The molecule has 0 aliphatic carbocycles. The SMILES string of the molecule is CCOC(=O)CN(C(=O)OC)c1nn(-c2ccc(Br)cc2)c(=O)[nH]1. The van der Waals surface area contributed by atoms with Crippen LogP contribution in [0, 0.1) is 0 Å². The van der Waals surface area contributed by atoms with Gasteiger partial charge in [0.25, 0.3) is 0 Å². The fourth-order valence-electron chi connectivity index (χ4n) is 1.86. The molecule has 1 aromatic carbocycles. The molecule has 1 N–H and O–H groups in total. The van der Waals surface area contributed by atoms with Gasteiger partial charge in [0.05, 0.1) is 19.4 Å². The largest absolute Gasteiger partial charge is 0.465 e. The molecule has 9 nitrogen and oxygen atoms in total. The molecule has 0 unspecified atom stereocenters. The highest BCUT2D eigenvalue weighted by molar-refractivity contribution is 9.10. The number of nitrogens with one attached hydrogen (secondary N) is 1. The van der Waals surface area contributed by atoms with E-state index in [-0.39, 0.29) is 12.6 Å². The zero-order valence-corrected chi connectivity index (χ0v) is 14.6. The van der Waals surface area contributed by atoms with Gasteiger partial charge in [0.1, 0.15) is 6.54 Å². The van der Waals surface area contributed by atoms with Crippen molar-refractivity contribution >= 4 is 33.9 Å². The zero-order chi connectivity index (χ0) is 17.7. The Balaban J connectivity index is 2.35. The average Bonchev–Trinajstić information content (AvgIpc) is 2.94. The number of aromatic amines is 1. The number of ether oxygens (including phenoxy) is 2. The summed E-state index contributed by atoms with van der Waals surface area (Å²) >= 11 is 3.30. The Morgan fingerprint density at radius 1 is 1.33 bits per heavy atom. The van der Waals surface area contributed by atoms with E-state index < -0.39 is 24.3 Å². The Hall–Kier alpha value is -2.62. The third-order valence-corrected chi connectivity index (χ3v) is 3.45. The van der Waals surface area contributed by atoms with Gasteiger partial charge in [0.2, 0.25) is 5.95 Å². The van der Waals surface area contributed by atoms with Crippen molar-refractivity contribution in [2.24, 2.45) is 0 Å². The Kier molecular flexibility index (Phi) is 5.74. The van der Waals surface area contributed by atoms with Gasteiger partial charge < -0.3 is 9.47 Å². The van der Waals surface area contributed by atoms with Gasteiger partial charge in [-0.25, -0.2) is 14.5 Å². The normalized spacial score (nSPS) is 10.3. The van der Waals surface area contributed by atoms with Crippen LogP contribution in [0.1, 0.15) is 6.92 Å². The minimum atomic E-state index is -0.847. The number of H-pyrrole nitrogens is 1. The monoisotopic (exact) mass is 398 g/mol. The number of methoxy groups -OCH3 is 1. The average molecular weight is 399 g/mol. The number of nitrogens with zero attached hydrogens (tertiary/aromatic N) is 3. The molecular weight excluding hydrogens is 384 g/mol. The molecule has 0 saturated heterocycles. The second-order valence-electron chi connectivity index (χ2n) is 4.50. The Bertz CT molecular complexity index is 783. The minimum absolute atomic E-state index is 0.122. The maximum Gasteiger partial charge on any atom is 0.416 e. The summed E-state index contributed by atoms with van der Waals surface area (Å²) in [5.41, 5.74) is -0.0725. The molecule has 0 aliphatic rings. The standard InChI is InChI=1S/C14H15BrN4O5/c1-3-24-11(20)8-18(14(22)23-2)12-16-13(21)19(17-12)10-6-4-9(15)5-7-10/h4-7H,3,8H2,1-2H3,(H,16,17,21). The molecule has 0 aliphatic heterocycles. The second kappa shape index (κ2) is 7.77. The van der Waals surface area contributed by atoms with Crippen molar-refractivity contribution in [1.82, 2.24) is 14.8 Å².